The lowest BCUT2D eigenvalue weighted by molar-refractivity contribution is -0.0674. The van der Waals surface area contributed by atoms with E-state index in [9.17, 15) is 0 Å². The van der Waals surface area contributed by atoms with Crippen molar-refractivity contribution in [2.45, 2.75) is 63.8 Å². The zero-order valence-corrected chi connectivity index (χ0v) is 12.2. The summed E-state index contributed by atoms with van der Waals surface area (Å²) >= 11 is 0. The topological polar surface area (TPSA) is 39.7 Å². The Kier molecular flexibility index (Phi) is 7.14. The van der Waals surface area contributed by atoms with Crippen LogP contribution in [0.2, 0.25) is 0 Å². The van der Waals surface area contributed by atoms with Crippen LogP contribution in [0.15, 0.2) is 0 Å². The van der Waals surface area contributed by atoms with Gasteiger partial charge in [-0.05, 0) is 45.1 Å². The first kappa shape index (κ1) is 15.2. The molecule has 112 valence electrons. The van der Waals surface area contributed by atoms with Gasteiger partial charge >= 0.3 is 0 Å². The van der Waals surface area contributed by atoms with Gasteiger partial charge in [-0.1, -0.05) is 6.92 Å². The molecule has 0 spiro atoms. The van der Waals surface area contributed by atoms with Crippen molar-refractivity contribution in [2.75, 3.05) is 32.9 Å². The molecule has 2 rings (SSSR count). The van der Waals surface area contributed by atoms with Crippen LogP contribution in [0.1, 0.15) is 45.4 Å². The van der Waals surface area contributed by atoms with Gasteiger partial charge in [0.2, 0.25) is 0 Å². The van der Waals surface area contributed by atoms with E-state index in [4.69, 9.17) is 14.2 Å². The summed E-state index contributed by atoms with van der Waals surface area (Å²) in [6, 6.07) is 0. The van der Waals surface area contributed by atoms with Gasteiger partial charge < -0.3 is 19.5 Å². The smallest absolute Gasteiger partial charge is 0.0813 e. The zero-order chi connectivity index (χ0) is 13.3. The van der Waals surface area contributed by atoms with Gasteiger partial charge in [-0.25, -0.2) is 0 Å². The Morgan fingerprint density at radius 1 is 1.05 bits per heavy atom. The Morgan fingerprint density at radius 3 is 2.68 bits per heavy atom. The van der Waals surface area contributed by atoms with Gasteiger partial charge in [0.25, 0.3) is 0 Å². The van der Waals surface area contributed by atoms with Crippen LogP contribution < -0.4 is 5.32 Å². The largest absolute Gasteiger partial charge is 0.376 e. The molecule has 0 aromatic heterocycles. The molecule has 0 saturated carbocycles. The fourth-order valence-electron chi connectivity index (χ4n) is 2.76. The summed E-state index contributed by atoms with van der Waals surface area (Å²) in [5, 5.41) is 3.42. The third-order valence-corrected chi connectivity index (χ3v) is 3.88. The van der Waals surface area contributed by atoms with Crippen molar-refractivity contribution < 1.29 is 14.2 Å². The van der Waals surface area contributed by atoms with Crippen molar-refractivity contribution in [3.05, 3.63) is 0 Å². The molecule has 0 radical (unpaired) electrons. The van der Waals surface area contributed by atoms with Gasteiger partial charge in [0.1, 0.15) is 0 Å². The molecule has 0 aromatic carbocycles. The first-order valence-electron chi connectivity index (χ1n) is 7.94. The second-order valence-electron chi connectivity index (χ2n) is 5.69. The lowest BCUT2D eigenvalue weighted by atomic mass is 10.1. The molecular formula is C15H29NO3. The lowest BCUT2D eigenvalue weighted by Gasteiger charge is -2.23. The number of hydrogen-bond acceptors (Lipinski definition) is 4. The van der Waals surface area contributed by atoms with Gasteiger partial charge in [0.15, 0.2) is 0 Å². The average Bonchev–Trinajstić information content (AvgIpc) is 2.88. The minimum absolute atomic E-state index is 0.289. The van der Waals surface area contributed by atoms with E-state index in [1.165, 1.54) is 19.3 Å². The summed E-state index contributed by atoms with van der Waals surface area (Å²) in [7, 11) is 0. The first-order valence-corrected chi connectivity index (χ1v) is 7.94. The Labute approximate surface area is 117 Å². The van der Waals surface area contributed by atoms with E-state index in [0.29, 0.717) is 12.2 Å². The average molecular weight is 271 g/mol. The summed E-state index contributed by atoms with van der Waals surface area (Å²) in [6.45, 7) is 6.62. The van der Waals surface area contributed by atoms with Crippen LogP contribution in [0, 0.1) is 0 Å². The van der Waals surface area contributed by atoms with Gasteiger partial charge in [-0.3, -0.25) is 0 Å². The zero-order valence-electron chi connectivity index (χ0n) is 12.2. The van der Waals surface area contributed by atoms with E-state index in [1.807, 2.05) is 0 Å². The number of rotatable bonds is 8. The standard InChI is InChI=1S/C15H29NO3/c1-2-8-16-10-13-6-7-15(19-13)12-17-11-14-5-3-4-9-18-14/h13-16H,2-12H2,1H3. The van der Waals surface area contributed by atoms with Gasteiger partial charge in [-0.15, -0.1) is 0 Å². The molecule has 0 bridgehead atoms. The summed E-state index contributed by atoms with van der Waals surface area (Å²) < 4.78 is 17.4. The van der Waals surface area contributed by atoms with Crippen molar-refractivity contribution in [1.29, 1.82) is 0 Å². The van der Waals surface area contributed by atoms with Crippen molar-refractivity contribution >= 4 is 0 Å². The summed E-state index contributed by atoms with van der Waals surface area (Å²) in [4.78, 5) is 0. The quantitative estimate of drug-likeness (QED) is 0.686. The predicted octanol–water partition coefficient (Wildman–Crippen LogP) is 2.12. The van der Waals surface area contributed by atoms with Crippen molar-refractivity contribution in [2.24, 2.45) is 0 Å². The molecule has 2 heterocycles. The Balaban J connectivity index is 1.50. The van der Waals surface area contributed by atoms with Gasteiger partial charge in [0.05, 0.1) is 31.5 Å². The highest BCUT2D eigenvalue weighted by molar-refractivity contribution is 4.75. The molecule has 2 saturated heterocycles. The molecule has 0 aromatic rings. The maximum absolute atomic E-state index is 5.97. The van der Waals surface area contributed by atoms with Crippen molar-refractivity contribution in [3.63, 3.8) is 0 Å². The SMILES string of the molecule is CCCNCC1CCC(COCC2CCCCO2)O1. The summed E-state index contributed by atoms with van der Waals surface area (Å²) in [5.41, 5.74) is 0. The molecular weight excluding hydrogens is 242 g/mol. The second kappa shape index (κ2) is 8.90. The fraction of sp³-hybridized carbons (Fsp3) is 1.00. The van der Waals surface area contributed by atoms with E-state index in [2.05, 4.69) is 12.2 Å². The molecule has 4 heteroatoms. The fourth-order valence-corrected chi connectivity index (χ4v) is 2.76. The maximum Gasteiger partial charge on any atom is 0.0813 e. The highest BCUT2D eigenvalue weighted by Crippen LogP contribution is 2.20. The highest BCUT2D eigenvalue weighted by Gasteiger charge is 2.25. The second-order valence-corrected chi connectivity index (χ2v) is 5.69. The molecule has 2 fully saturated rings. The molecule has 2 aliphatic heterocycles. The van der Waals surface area contributed by atoms with E-state index in [1.54, 1.807) is 0 Å². The number of ether oxygens (including phenoxy) is 3. The summed E-state index contributed by atoms with van der Waals surface area (Å²) in [5.74, 6) is 0. The van der Waals surface area contributed by atoms with Gasteiger partial charge in [0, 0.05) is 13.2 Å². The normalized spacial score (nSPS) is 31.7. The predicted molar refractivity (Wildman–Crippen MR) is 75.5 cm³/mol. The maximum atomic E-state index is 5.97. The molecule has 4 nitrogen and oxygen atoms in total. The monoisotopic (exact) mass is 271 g/mol. The minimum Gasteiger partial charge on any atom is -0.376 e. The first-order chi connectivity index (χ1) is 9.38. The highest BCUT2D eigenvalue weighted by atomic mass is 16.6. The van der Waals surface area contributed by atoms with E-state index in [-0.39, 0.29) is 6.10 Å². The van der Waals surface area contributed by atoms with Crippen molar-refractivity contribution in [3.8, 4) is 0 Å². The molecule has 0 aliphatic carbocycles. The van der Waals surface area contributed by atoms with E-state index < -0.39 is 0 Å². The van der Waals surface area contributed by atoms with Crippen LogP contribution >= 0.6 is 0 Å². The Morgan fingerprint density at radius 2 is 1.89 bits per heavy atom. The van der Waals surface area contributed by atoms with E-state index in [0.717, 1.165) is 52.2 Å². The van der Waals surface area contributed by atoms with E-state index >= 15 is 0 Å². The Hall–Kier alpha value is -0.160. The van der Waals surface area contributed by atoms with Crippen LogP contribution in [0.25, 0.3) is 0 Å². The molecule has 1 N–H and O–H groups in total. The van der Waals surface area contributed by atoms with Crippen LogP contribution in [0.3, 0.4) is 0 Å². The molecule has 2 aliphatic rings. The molecule has 3 unspecified atom stereocenters. The molecule has 0 amide bonds. The Bertz CT molecular complexity index is 231. The third-order valence-electron chi connectivity index (χ3n) is 3.88. The number of nitrogens with one attached hydrogen (secondary N) is 1. The molecule has 3 atom stereocenters. The van der Waals surface area contributed by atoms with Crippen molar-refractivity contribution in [1.82, 2.24) is 5.32 Å². The van der Waals surface area contributed by atoms with Crippen LogP contribution in [-0.2, 0) is 14.2 Å². The third kappa shape index (κ3) is 5.78. The molecule has 19 heavy (non-hydrogen) atoms. The van der Waals surface area contributed by atoms with Crippen LogP contribution in [-0.4, -0.2) is 51.2 Å². The van der Waals surface area contributed by atoms with Gasteiger partial charge in [-0.2, -0.15) is 0 Å². The van der Waals surface area contributed by atoms with Crippen LogP contribution in [0.4, 0.5) is 0 Å². The van der Waals surface area contributed by atoms with Crippen LogP contribution in [0.5, 0.6) is 0 Å². The number of hydrogen-bond donors (Lipinski definition) is 1. The lowest BCUT2D eigenvalue weighted by Crippen LogP contribution is -2.29. The minimum atomic E-state index is 0.289. The summed E-state index contributed by atoms with van der Waals surface area (Å²) in [6.07, 6.45) is 8.08.